The van der Waals surface area contributed by atoms with Gasteiger partial charge >= 0.3 is 0 Å². The summed E-state index contributed by atoms with van der Waals surface area (Å²) in [6.07, 6.45) is 0.603. The number of benzene rings is 3. The van der Waals surface area contributed by atoms with E-state index < -0.39 is 6.04 Å². The van der Waals surface area contributed by atoms with Gasteiger partial charge in [0.25, 0.3) is 0 Å². The highest BCUT2D eigenvalue weighted by atomic mass is 79.9. The molecule has 3 aromatic carbocycles. The van der Waals surface area contributed by atoms with Gasteiger partial charge in [-0.3, -0.25) is 9.59 Å². The van der Waals surface area contributed by atoms with E-state index in [2.05, 4.69) is 21.2 Å². The van der Waals surface area contributed by atoms with Crippen LogP contribution in [0, 0.1) is 0 Å². The zero-order chi connectivity index (χ0) is 22.9. The van der Waals surface area contributed by atoms with Crippen LogP contribution in [-0.4, -0.2) is 29.3 Å². The summed E-state index contributed by atoms with van der Waals surface area (Å²) < 4.78 is 0.961. The normalized spacial score (nSPS) is 11.6. The second kappa shape index (κ2) is 11.8. The molecule has 1 N–H and O–H groups in total. The minimum Gasteiger partial charge on any atom is -0.355 e. The van der Waals surface area contributed by atoms with Gasteiger partial charge in [-0.1, -0.05) is 82.1 Å². The molecule has 3 rings (SSSR count). The molecule has 0 aliphatic heterocycles. The maximum absolute atomic E-state index is 13.5. The summed E-state index contributed by atoms with van der Waals surface area (Å²) in [5.74, 6) is -0.282. The van der Waals surface area contributed by atoms with Gasteiger partial charge in [0.1, 0.15) is 6.04 Å². The van der Waals surface area contributed by atoms with Gasteiger partial charge in [-0.05, 0) is 47.9 Å². The Balaban J connectivity index is 1.94. The number of carbonyl (C=O) groups is 2. The lowest BCUT2D eigenvalue weighted by atomic mass is 10.0. The third-order valence-electron chi connectivity index (χ3n) is 5.13. The number of nitrogens with zero attached hydrogens (tertiary/aromatic N) is 1. The second-order valence-electron chi connectivity index (χ2n) is 7.55. The van der Waals surface area contributed by atoms with E-state index in [1.165, 1.54) is 0 Å². The standard InChI is InChI=1S/C26H26BrClN2O2/c1-2-29-26(32)24(16-19-7-4-3-5-8-19)30(18-20-11-13-22(27)14-12-20)25(31)17-21-9-6-10-23(28)15-21/h3-15,24H,2,16-18H2,1H3,(H,29,32). The largest absolute Gasteiger partial charge is 0.355 e. The Morgan fingerprint density at radius 1 is 0.938 bits per heavy atom. The number of amides is 2. The second-order valence-corrected chi connectivity index (χ2v) is 8.91. The first-order valence-electron chi connectivity index (χ1n) is 10.6. The summed E-state index contributed by atoms with van der Waals surface area (Å²) in [4.78, 5) is 28.3. The number of carbonyl (C=O) groups excluding carboxylic acids is 2. The first-order chi connectivity index (χ1) is 15.5. The number of likely N-dealkylation sites (N-methyl/N-ethyl adjacent to an activating group) is 1. The van der Waals surface area contributed by atoms with E-state index >= 15 is 0 Å². The fourth-order valence-electron chi connectivity index (χ4n) is 3.56. The number of rotatable bonds is 9. The molecule has 2 amide bonds. The lowest BCUT2D eigenvalue weighted by Crippen LogP contribution is -2.50. The van der Waals surface area contributed by atoms with Crippen LogP contribution in [0.5, 0.6) is 0 Å². The van der Waals surface area contributed by atoms with E-state index in [0.717, 1.165) is 21.2 Å². The van der Waals surface area contributed by atoms with Crippen molar-refractivity contribution in [2.45, 2.75) is 32.4 Å². The minimum atomic E-state index is -0.632. The Morgan fingerprint density at radius 3 is 2.28 bits per heavy atom. The maximum atomic E-state index is 13.5. The molecule has 0 fully saturated rings. The molecule has 1 unspecified atom stereocenters. The fourth-order valence-corrected chi connectivity index (χ4v) is 4.03. The van der Waals surface area contributed by atoms with Crippen LogP contribution in [0.15, 0.2) is 83.3 Å². The van der Waals surface area contributed by atoms with Crippen molar-refractivity contribution < 1.29 is 9.59 Å². The molecule has 32 heavy (non-hydrogen) atoms. The summed E-state index contributed by atoms with van der Waals surface area (Å²) in [6, 6.07) is 24.2. The zero-order valence-corrected chi connectivity index (χ0v) is 20.3. The molecule has 0 heterocycles. The summed E-state index contributed by atoms with van der Waals surface area (Å²) in [5.41, 5.74) is 2.77. The Kier molecular flexibility index (Phi) is 8.89. The molecule has 1 atom stereocenters. The van der Waals surface area contributed by atoms with Crippen LogP contribution in [0.3, 0.4) is 0 Å². The van der Waals surface area contributed by atoms with Gasteiger partial charge in [-0.15, -0.1) is 0 Å². The van der Waals surface area contributed by atoms with Crippen LogP contribution in [0.2, 0.25) is 5.02 Å². The van der Waals surface area contributed by atoms with Gasteiger partial charge in [-0.2, -0.15) is 0 Å². The molecule has 0 saturated carbocycles. The molecule has 0 saturated heterocycles. The van der Waals surface area contributed by atoms with Crippen molar-refractivity contribution in [2.24, 2.45) is 0 Å². The minimum absolute atomic E-state index is 0.123. The lowest BCUT2D eigenvalue weighted by molar-refractivity contribution is -0.140. The first-order valence-corrected chi connectivity index (χ1v) is 11.7. The first kappa shape index (κ1) is 24.0. The number of hydrogen-bond acceptors (Lipinski definition) is 2. The Labute approximate surface area is 202 Å². The predicted molar refractivity (Wildman–Crippen MR) is 132 cm³/mol. The van der Waals surface area contributed by atoms with Crippen molar-refractivity contribution in [3.63, 3.8) is 0 Å². The third-order valence-corrected chi connectivity index (χ3v) is 5.90. The van der Waals surface area contributed by atoms with Gasteiger partial charge in [0.15, 0.2) is 0 Å². The number of halogens is 2. The fraction of sp³-hybridized carbons (Fsp3) is 0.231. The van der Waals surface area contributed by atoms with Gasteiger partial charge in [0.2, 0.25) is 11.8 Å². The van der Waals surface area contributed by atoms with Gasteiger partial charge in [0, 0.05) is 29.0 Å². The average Bonchev–Trinajstić information content (AvgIpc) is 2.78. The topological polar surface area (TPSA) is 49.4 Å². The van der Waals surface area contributed by atoms with Crippen molar-refractivity contribution in [3.05, 3.63) is 105 Å². The summed E-state index contributed by atoms with van der Waals surface area (Å²) >= 11 is 9.57. The summed E-state index contributed by atoms with van der Waals surface area (Å²) in [6.45, 7) is 2.71. The van der Waals surface area contributed by atoms with Crippen LogP contribution < -0.4 is 5.32 Å². The maximum Gasteiger partial charge on any atom is 0.243 e. The highest BCUT2D eigenvalue weighted by molar-refractivity contribution is 9.10. The van der Waals surface area contributed by atoms with Crippen molar-refractivity contribution in [2.75, 3.05) is 6.54 Å². The molecule has 0 bridgehead atoms. The Morgan fingerprint density at radius 2 is 1.62 bits per heavy atom. The van der Waals surface area contributed by atoms with Gasteiger partial charge in [-0.25, -0.2) is 0 Å². The molecule has 0 radical (unpaired) electrons. The molecule has 0 aliphatic carbocycles. The van der Waals surface area contributed by atoms with Crippen LogP contribution >= 0.6 is 27.5 Å². The number of nitrogens with one attached hydrogen (secondary N) is 1. The molecule has 0 spiro atoms. The quantitative estimate of drug-likeness (QED) is 0.415. The highest BCUT2D eigenvalue weighted by Crippen LogP contribution is 2.19. The van der Waals surface area contributed by atoms with E-state index in [-0.39, 0.29) is 18.2 Å². The zero-order valence-electron chi connectivity index (χ0n) is 17.9. The van der Waals surface area contributed by atoms with Crippen LogP contribution in [-0.2, 0) is 29.0 Å². The number of hydrogen-bond donors (Lipinski definition) is 1. The van der Waals surface area contributed by atoms with Gasteiger partial charge < -0.3 is 10.2 Å². The molecule has 4 nitrogen and oxygen atoms in total. The summed E-state index contributed by atoms with van der Waals surface area (Å²) in [7, 11) is 0. The SMILES string of the molecule is CCNC(=O)C(Cc1ccccc1)N(Cc1ccc(Br)cc1)C(=O)Cc1cccc(Cl)c1. The molecule has 166 valence electrons. The van der Waals surface area contributed by atoms with E-state index in [0.29, 0.717) is 24.5 Å². The third kappa shape index (κ3) is 6.94. The molecule has 6 heteroatoms. The smallest absolute Gasteiger partial charge is 0.243 e. The molecule has 0 aliphatic rings. The average molecular weight is 514 g/mol. The summed E-state index contributed by atoms with van der Waals surface area (Å²) in [5, 5.41) is 3.49. The lowest BCUT2D eigenvalue weighted by Gasteiger charge is -2.31. The van der Waals surface area contributed by atoms with Crippen molar-refractivity contribution in [1.29, 1.82) is 0 Å². The highest BCUT2D eigenvalue weighted by Gasteiger charge is 2.30. The van der Waals surface area contributed by atoms with E-state index in [4.69, 9.17) is 11.6 Å². The van der Waals surface area contributed by atoms with Crippen molar-refractivity contribution >= 4 is 39.3 Å². The van der Waals surface area contributed by atoms with Crippen LogP contribution in [0.25, 0.3) is 0 Å². The van der Waals surface area contributed by atoms with Crippen LogP contribution in [0.1, 0.15) is 23.6 Å². The predicted octanol–water partition coefficient (Wildman–Crippen LogP) is 5.42. The Hall–Kier alpha value is -2.63. The van der Waals surface area contributed by atoms with Crippen molar-refractivity contribution in [3.8, 4) is 0 Å². The molecular weight excluding hydrogens is 488 g/mol. The molecular formula is C26H26BrClN2O2. The van der Waals surface area contributed by atoms with Crippen molar-refractivity contribution in [1.82, 2.24) is 10.2 Å². The molecule has 3 aromatic rings. The monoisotopic (exact) mass is 512 g/mol. The Bertz CT molecular complexity index is 1040. The van der Waals surface area contributed by atoms with E-state index in [9.17, 15) is 9.59 Å². The van der Waals surface area contributed by atoms with Crippen LogP contribution in [0.4, 0.5) is 0 Å². The van der Waals surface area contributed by atoms with Gasteiger partial charge in [0.05, 0.1) is 6.42 Å². The molecule has 0 aromatic heterocycles. The van der Waals surface area contributed by atoms with E-state index in [1.807, 2.05) is 73.7 Å². The van der Waals surface area contributed by atoms with E-state index in [1.54, 1.807) is 17.0 Å².